The van der Waals surface area contributed by atoms with Gasteiger partial charge < -0.3 is 14.0 Å². The quantitative estimate of drug-likeness (QED) is 0.744. The molecule has 1 aliphatic rings. The maximum Gasteiger partial charge on any atom is 0.309 e. The molecule has 25 heavy (non-hydrogen) atoms. The summed E-state index contributed by atoms with van der Waals surface area (Å²) in [7, 11) is 1.63. The summed E-state index contributed by atoms with van der Waals surface area (Å²) in [6, 6.07) is 7.54. The van der Waals surface area contributed by atoms with Crippen molar-refractivity contribution in [2.45, 2.75) is 26.3 Å². The number of benzene rings is 1. The van der Waals surface area contributed by atoms with Gasteiger partial charge in [-0.3, -0.25) is 9.69 Å². The molecule has 2 aromatic rings. The minimum atomic E-state index is -0.0817. The number of methoxy groups -OCH3 is 1. The van der Waals surface area contributed by atoms with E-state index in [2.05, 4.69) is 15.0 Å². The van der Waals surface area contributed by atoms with Crippen molar-refractivity contribution >= 4 is 5.97 Å². The molecule has 134 valence electrons. The number of hydrogen-bond donors (Lipinski definition) is 0. The van der Waals surface area contributed by atoms with Gasteiger partial charge in [-0.05, 0) is 57.1 Å². The third kappa shape index (κ3) is 4.36. The summed E-state index contributed by atoms with van der Waals surface area (Å²) >= 11 is 0. The molecule has 0 N–H and O–H groups in total. The number of carbonyl (C=O) groups excluding carboxylic acids is 1. The third-order valence-corrected chi connectivity index (χ3v) is 4.38. The maximum atomic E-state index is 11.8. The lowest BCUT2D eigenvalue weighted by Crippen LogP contribution is -2.36. The van der Waals surface area contributed by atoms with Gasteiger partial charge in [0.25, 0.3) is 0 Å². The van der Waals surface area contributed by atoms with E-state index in [1.165, 1.54) is 0 Å². The molecule has 0 aliphatic carbocycles. The molecule has 1 saturated heterocycles. The lowest BCUT2D eigenvalue weighted by Gasteiger charge is -2.29. The van der Waals surface area contributed by atoms with Crippen molar-refractivity contribution in [3.8, 4) is 17.1 Å². The van der Waals surface area contributed by atoms with Crippen molar-refractivity contribution < 1.29 is 18.8 Å². The first-order valence-electron chi connectivity index (χ1n) is 8.55. The number of aromatic nitrogens is 2. The second-order valence-electron chi connectivity index (χ2n) is 6.04. The molecule has 0 saturated carbocycles. The number of nitrogens with zero attached hydrogens (tertiary/aromatic N) is 3. The lowest BCUT2D eigenvalue weighted by molar-refractivity contribution is -0.149. The third-order valence-electron chi connectivity index (χ3n) is 4.38. The molecular weight excluding hydrogens is 322 g/mol. The Kier molecular flexibility index (Phi) is 5.65. The average Bonchev–Trinajstić information content (AvgIpc) is 3.11. The predicted octanol–water partition coefficient (Wildman–Crippen LogP) is 2.52. The number of ether oxygens (including phenoxy) is 2. The van der Waals surface area contributed by atoms with Gasteiger partial charge in [-0.25, -0.2) is 0 Å². The Morgan fingerprint density at radius 1 is 1.28 bits per heavy atom. The standard InChI is InChI=1S/C18H23N3O4/c1-3-24-18(22)14-8-10-21(11-9-14)12-16-19-17(20-25-16)13-4-6-15(23-2)7-5-13/h4-7,14H,3,8-12H2,1-2H3. The first-order valence-corrected chi connectivity index (χ1v) is 8.55. The van der Waals surface area contributed by atoms with Crippen molar-refractivity contribution in [1.29, 1.82) is 0 Å². The highest BCUT2D eigenvalue weighted by Crippen LogP contribution is 2.22. The van der Waals surface area contributed by atoms with Crippen molar-refractivity contribution in [2.75, 3.05) is 26.8 Å². The molecule has 2 heterocycles. The summed E-state index contributed by atoms with van der Waals surface area (Å²) in [6.07, 6.45) is 1.61. The molecule has 7 heteroatoms. The average molecular weight is 345 g/mol. The van der Waals surface area contributed by atoms with E-state index >= 15 is 0 Å². The summed E-state index contributed by atoms with van der Waals surface area (Å²) in [5, 5.41) is 4.05. The molecule has 1 aliphatic heterocycles. The largest absolute Gasteiger partial charge is 0.497 e. The van der Waals surface area contributed by atoms with Crippen LogP contribution >= 0.6 is 0 Å². The Morgan fingerprint density at radius 2 is 2.00 bits per heavy atom. The van der Waals surface area contributed by atoms with Gasteiger partial charge in [0, 0.05) is 5.56 Å². The van der Waals surface area contributed by atoms with Crippen LogP contribution in [0.4, 0.5) is 0 Å². The van der Waals surface area contributed by atoms with Crippen LogP contribution in [-0.2, 0) is 16.1 Å². The summed E-state index contributed by atoms with van der Waals surface area (Å²) in [6.45, 7) is 4.52. The SMILES string of the molecule is CCOC(=O)C1CCN(Cc2nc(-c3ccc(OC)cc3)no2)CC1. The zero-order chi connectivity index (χ0) is 17.6. The van der Waals surface area contributed by atoms with Crippen LogP contribution in [0.3, 0.4) is 0 Å². The smallest absolute Gasteiger partial charge is 0.309 e. The van der Waals surface area contributed by atoms with Crippen LogP contribution in [-0.4, -0.2) is 47.8 Å². The Morgan fingerprint density at radius 3 is 2.64 bits per heavy atom. The van der Waals surface area contributed by atoms with Gasteiger partial charge in [0.15, 0.2) is 0 Å². The van der Waals surface area contributed by atoms with Crippen molar-refractivity contribution in [2.24, 2.45) is 5.92 Å². The molecular formula is C18H23N3O4. The Bertz CT molecular complexity index is 691. The van der Waals surface area contributed by atoms with Gasteiger partial charge in [-0.1, -0.05) is 5.16 Å². The van der Waals surface area contributed by atoms with Crippen LogP contribution in [0, 0.1) is 5.92 Å². The first-order chi connectivity index (χ1) is 12.2. The zero-order valence-electron chi connectivity index (χ0n) is 14.6. The van der Waals surface area contributed by atoms with Gasteiger partial charge in [0.05, 0.1) is 26.2 Å². The van der Waals surface area contributed by atoms with E-state index in [0.29, 0.717) is 24.9 Å². The number of esters is 1. The molecule has 7 nitrogen and oxygen atoms in total. The molecule has 0 spiro atoms. The minimum absolute atomic E-state index is 0.00810. The van der Waals surface area contributed by atoms with E-state index in [-0.39, 0.29) is 11.9 Å². The fourth-order valence-electron chi connectivity index (χ4n) is 2.95. The number of rotatable bonds is 6. The topological polar surface area (TPSA) is 77.7 Å². The summed E-state index contributed by atoms with van der Waals surface area (Å²) in [5.74, 6) is 1.87. The highest BCUT2D eigenvalue weighted by atomic mass is 16.5. The monoisotopic (exact) mass is 345 g/mol. The highest BCUT2D eigenvalue weighted by molar-refractivity contribution is 5.72. The van der Waals surface area contributed by atoms with Crippen LogP contribution in [0.25, 0.3) is 11.4 Å². The van der Waals surface area contributed by atoms with Crippen LogP contribution in [0.15, 0.2) is 28.8 Å². The second kappa shape index (κ2) is 8.11. The summed E-state index contributed by atoms with van der Waals surface area (Å²) < 4.78 is 15.6. The second-order valence-corrected chi connectivity index (χ2v) is 6.04. The predicted molar refractivity (Wildman–Crippen MR) is 90.9 cm³/mol. The Balaban J connectivity index is 1.54. The van der Waals surface area contributed by atoms with E-state index in [9.17, 15) is 4.79 Å². The molecule has 1 aromatic heterocycles. The molecule has 0 radical (unpaired) electrons. The van der Waals surface area contributed by atoms with E-state index in [1.54, 1.807) is 7.11 Å². The van der Waals surface area contributed by atoms with Crippen LogP contribution < -0.4 is 4.74 Å². The fourth-order valence-corrected chi connectivity index (χ4v) is 2.95. The van der Waals surface area contributed by atoms with E-state index in [1.807, 2.05) is 31.2 Å². The summed E-state index contributed by atoms with van der Waals surface area (Å²) in [5.41, 5.74) is 0.886. The molecule has 3 rings (SSSR count). The van der Waals surface area contributed by atoms with E-state index in [4.69, 9.17) is 14.0 Å². The molecule has 0 unspecified atom stereocenters. The number of piperidine rings is 1. The van der Waals surface area contributed by atoms with E-state index < -0.39 is 0 Å². The van der Waals surface area contributed by atoms with Gasteiger partial charge in [-0.2, -0.15) is 4.98 Å². The fraction of sp³-hybridized carbons (Fsp3) is 0.500. The summed E-state index contributed by atoms with van der Waals surface area (Å²) in [4.78, 5) is 18.5. The van der Waals surface area contributed by atoms with Crippen molar-refractivity contribution in [3.63, 3.8) is 0 Å². The lowest BCUT2D eigenvalue weighted by atomic mass is 9.97. The van der Waals surface area contributed by atoms with Gasteiger partial charge in [0.2, 0.25) is 11.7 Å². The van der Waals surface area contributed by atoms with Crippen LogP contribution in [0.2, 0.25) is 0 Å². The number of carbonyl (C=O) groups is 1. The Labute approximate surface area is 146 Å². The zero-order valence-corrected chi connectivity index (χ0v) is 14.6. The molecule has 0 atom stereocenters. The van der Waals surface area contributed by atoms with Gasteiger partial charge in [0.1, 0.15) is 5.75 Å². The maximum absolute atomic E-state index is 11.8. The molecule has 1 fully saturated rings. The van der Waals surface area contributed by atoms with Crippen molar-refractivity contribution in [3.05, 3.63) is 30.2 Å². The van der Waals surface area contributed by atoms with Crippen LogP contribution in [0.5, 0.6) is 5.75 Å². The Hall–Kier alpha value is -2.41. The molecule has 0 bridgehead atoms. The first kappa shape index (κ1) is 17.4. The van der Waals surface area contributed by atoms with Gasteiger partial charge >= 0.3 is 5.97 Å². The molecule has 0 amide bonds. The van der Waals surface area contributed by atoms with Crippen molar-refractivity contribution in [1.82, 2.24) is 15.0 Å². The van der Waals surface area contributed by atoms with Gasteiger partial charge in [-0.15, -0.1) is 0 Å². The molecule has 1 aromatic carbocycles. The minimum Gasteiger partial charge on any atom is -0.497 e. The normalized spacial score (nSPS) is 15.9. The highest BCUT2D eigenvalue weighted by Gasteiger charge is 2.26. The number of hydrogen-bond acceptors (Lipinski definition) is 7. The van der Waals surface area contributed by atoms with E-state index in [0.717, 1.165) is 37.2 Å². The number of likely N-dealkylation sites (tertiary alicyclic amines) is 1. The van der Waals surface area contributed by atoms with Crippen LogP contribution in [0.1, 0.15) is 25.7 Å².